The number of hydrogen-bond acceptors (Lipinski definition) is 3. The van der Waals surface area contributed by atoms with Crippen LogP contribution >= 0.6 is 11.6 Å². The number of rotatable bonds is 3. The summed E-state index contributed by atoms with van der Waals surface area (Å²) in [6.07, 6.45) is 5.51. The maximum Gasteiger partial charge on any atom is 0.132 e. The molecule has 0 aromatic carbocycles. The molecule has 0 bridgehead atoms. The minimum atomic E-state index is 0.547. The lowest BCUT2D eigenvalue weighted by molar-refractivity contribution is 0.230. The molecule has 3 nitrogen and oxygen atoms in total. The van der Waals surface area contributed by atoms with Gasteiger partial charge in [0.05, 0.1) is 11.9 Å². The second-order valence-electron chi connectivity index (χ2n) is 5.73. The Morgan fingerprint density at radius 1 is 1.37 bits per heavy atom. The van der Waals surface area contributed by atoms with Gasteiger partial charge in [0, 0.05) is 18.6 Å². The molecule has 4 heteroatoms. The highest BCUT2D eigenvalue weighted by molar-refractivity contribution is 6.30. The molecule has 0 saturated carbocycles. The second kappa shape index (κ2) is 6.58. The van der Waals surface area contributed by atoms with Crippen LogP contribution in [0, 0.1) is 6.92 Å². The number of pyridine rings is 1. The summed E-state index contributed by atoms with van der Waals surface area (Å²) >= 11 is 5.96. The van der Waals surface area contributed by atoms with E-state index in [-0.39, 0.29) is 0 Å². The molecule has 1 atom stereocenters. The minimum absolute atomic E-state index is 0.547. The molecule has 0 amide bonds. The summed E-state index contributed by atoms with van der Waals surface area (Å²) in [6.45, 7) is 8.94. The maximum atomic E-state index is 5.96. The average molecular weight is 282 g/mol. The summed E-state index contributed by atoms with van der Waals surface area (Å²) in [6, 6.07) is 3.28. The van der Waals surface area contributed by atoms with Crippen LogP contribution in [0.2, 0.25) is 5.15 Å². The Balaban J connectivity index is 1.94. The third-order valence-electron chi connectivity index (χ3n) is 3.88. The van der Waals surface area contributed by atoms with Gasteiger partial charge in [0.15, 0.2) is 0 Å². The van der Waals surface area contributed by atoms with Crippen LogP contribution in [0.4, 0.5) is 5.69 Å². The van der Waals surface area contributed by atoms with E-state index in [1.807, 2.05) is 13.1 Å². The van der Waals surface area contributed by atoms with Crippen molar-refractivity contribution in [1.29, 1.82) is 0 Å². The summed E-state index contributed by atoms with van der Waals surface area (Å²) in [5.41, 5.74) is 2.12. The molecule has 0 spiro atoms. The standard InChI is InChI=1S/C15H24ClN3/c1-11(2)19-7-4-5-13(6-8-19)18-14-9-12(3)15(16)17-10-14/h9-11,13,18H,4-8H2,1-3H3. The zero-order chi connectivity index (χ0) is 13.8. The van der Waals surface area contributed by atoms with E-state index in [0.717, 1.165) is 11.3 Å². The number of aromatic nitrogens is 1. The third-order valence-corrected chi connectivity index (χ3v) is 4.27. The van der Waals surface area contributed by atoms with Gasteiger partial charge in [-0.05, 0) is 58.2 Å². The first-order chi connectivity index (χ1) is 9.06. The van der Waals surface area contributed by atoms with Crippen molar-refractivity contribution in [3.63, 3.8) is 0 Å². The fourth-order valence-electron chi connectivity index (χ4n) is 2.65. The van der Waals surface area contributed by atoms with E-state index in [4.69, 9.17) is 11.6 Å². The fraction of sp³-hybridized carbons (Fsp3) is 0.667. The predicted molar refractivity (Wildman–Crippen MR) is 82.0 cm³/mol. The minimum Gasteiger partial charge on any atom is -0.381 e. The van der Waals surface area contributed by atoms with Crippen molar-refractivity contribution in [2.45, 2.75) is 52.1 Å². The predicted octanol–water partition coefficient (Wildman–Crippen LogP) is 3.72. The van der Waals surface area contributed by atoms with Gasteiger partial charge >= 0.3 is 0 Å². The molecule has 19 heavy (non-hydrogen) atoms. The van der Waals surface area contributed by atoms with Crippen molar-refractivity contribution >= 4 is 17.3 Å². The summed E-state index contributed by atoms with van der Waals surface area (Å²) in [4.78, 5) is 6.77. The normalized spacial score (nSPS) is 21.4. The Bertz CT molecular complexity index is 420. The largest absolute Gasteiger partial charge is 0.381 e. The van der Waals surface area contributed by atoms with Gasteiger partial charge in [-0.25, -0.2) is 4.98 Å². The number of hydrogen-bond donors (Lipinski definition) is 1. The Labute approximate surface area is 121 Å². The van der Waals surface area contributed by atoms with Crippen LogP contribution in [0.1, 0.15) is 38.7 Å². The quantitative estimate of drug-likeness (QED) is 0.856. The Morgan fingerprint density at radius 2 is 2.16 bits per heavy atom. The van der Waals surface area contributed by atoms with E-state index in [2.05, 4.69) is 35.1 Å². The average Bonchev–Trinajstić information content (AvgIpc) is 2.59. The fourth-order valence-corrected chi connectivity index (χ4v) is 2.76. The van der Waals surface area contributed by atoms with E-state index < -0.39 is 0 Å². The molecule has 1 unspecified atom stereocenters. The molecule has 0 aliphatic carbocycles. The third kappa shape index (κ3) is 4.08. The highest BCUT2D eigenvalue weighted by Gasteiger charge is 2.18. The SMILES string of the molecule is Cc1cc(NC2CCCN(C(C)C)CC2)cnc1Cl. The molecular formula is C15H24ClN3. The summed E-state index contributed by atoms with van der Waals surface area (Å²) < 4.78 is 0. The zero-order valence-corrected chi connectivity index (χ0v) is 12.9. The Kier molecular flexibility index (Phi) is 5.06. The number of likely N-dealkylation sites (tertiary alicyclic amines) is 1. The first-order valence-corrected chi connectivity index (χ1v) is 7.57. The molecule has 1 aromatic rings. The van der Waals surface area contributed by atoms with Gasteiger partial charge in [0.2, 0.25) is 0 Å². The first kappa shape index (κ1) is 14.6. The number of halogens is 1. The monoisotopic (exact) mass is 281 g/mol. The molecule has 2 heterocycles. The Hall–Kier alpha value is -0.800. The molecule has 106 valence electrons. The van der Waals surface area contributed by atoms with Crippen LogP contribution < -0.4 is 5.32 Å². The van der Waals surface area contributed by atoms with E-state index >= 15 is 0 Å². The molecule has 1 saturated heterocycles. The van der Waals surface area contributed by atoms with E-state index in [0.29, 0.717) is 17.2 Å². The smallest absolute Gasteiger partial charge is 0.132 e. The lowest BCUT2D eigenvalue weighted by Crippen LogP contribution is -2.32. The molecule has 1 N–H and O–H groups in total. The highest BCUT2D eigenvalue weighted by atomic mass is 35.5. The number of aryl methyl sites for hydroxylation is 1. The van der Waals surface area contributed by atoms with Gasteiger partial charge in [0.25, 0.3) is 0 Å². The van der Waals surface area contributed by atoms with Crippen molar-refractivity contribution < 1.29 is 0 Å². The molecule has 1 aliphatic heterocycles. The van der Waals surface area contributed by atoms with Gasteiger partial charge in [-0.2, -0.15) is 0 Å². The number of nitrogens with one attached hydrogen (secondary N) is 1. The van der Waals surface area contributed by atoms with Gasteiger partial charge < -0.3 is 10.2 Å². The molecule has 0 radical (unpaired) electrons. The molecule has 1 aliphatic rings. The Morgan fingerprint density at radius 3 is 2.84 bits per heavy atom. The van der Waals surface area contributed by atoms with Crippen molar-refractivity contribution in [1.82, 2.24) is 9.88 Å². The summed E-state index contributed by atoms with van der Waals surface area (Å²) in [7, 11) is 0. The molecule has 1 aromatic heterocycles. The van der Waals surface area contributed by atoms with Crippen molar-refractivity contribution in [3.8, 4) is 0 Å². The van der Waals surface area contributed by atoms with Gasteiger partial charge in [-0.15, -0.1) is 0 Å². The van der Waals surface area contributed by atoms with Gasteiger partial charge in [-0.1, -0.05) is 11.6 Å². The summed E-state index contributed by atoms with van der Waals surface area (Å²) in [5, 5.41) is 4.20. The number of nitrogens with zero attached hydrogens (tertiary/aromatic N) is 2. The van der Waals surface area contributed by atoms with Crippen molar-refractivity contribution in [3.05, 3.63) is 23.0 Å². The van der Waals surface area contributed by atoms with Crippen LogP contribution in [0.25, 0.3) is 0 Å². The van der Waals surface area contributed by atoms with Crippen LogP contribution in [-0.2, 0) is 0 Å². The first-order valence-electron chi connectivity index (χ1n) is 7.19. The highest BCUT2D eigenvalue weighted by Crippen LogP contribution is 2.20. The number of anilines is 1. The zero-order valence-electron chi connectivity index (χ0n) is 12.1. The molecule has 1 fully saturated rings. The van der Waals surface area contributed by atoms with Gasteiger partial charge in [0.1, 0.15) is 5.15 Å². The van der Waals surface area contributed by atoms with Gasteiger partial charge in [-0.3, -0.25) is 0 Å². The van der Waals surface area contributed by atoms with E-state index in [1.54, 1.807) is 0 Å². The lowest BCUT2D eigenvalue weighted by Gasteiger charge is -2.24. The second-order valence-corrected chi connectivity index (χ2v) is 6.09. The van der Waals surface area contributed by atoms with Crippen molar-refractivity contribution in [2.24, 2.45) is 0 Å². The van der Waals surface area contributed by atoms with Crippen molar-refractivity contribution in [2.75, 3.05) is 18.4 Å². The van der Waals surface area contributed by atoms with Crippen LogP contribution in [0.5, 0.6) is 0 Å². The maximum absolute atomic E-state index is 5.96. The molecule has 2 rings (SSSR count). The van der Waals surface area contributed by atoms with Crippen LogP contribution in [0.3, 0.4) is 0 Å². The lowest BCUT2D eigenvalue weighted by atomic mass is 10.1. The van der Waals surface area contributed by atoms with Crippen LogP contribution in [0.15, 0.2) is 12.3 Å². The topological polar surface area (TPSA) is 28.2 Å². The van der Waals surface area contributed by atoms with E-state index in [9.17, 15) is 0 Å². The summed E-state index contributed by atoms with van der Waals surface area (Å²) in [5.74, 6) is 0. The van der Waals surface area contributed by atoms with E-state index in [1.165, 1.54) is 32.4 Å². The molecular weight excluding hydrogens is 258 g/mol. The van der Waals surface area contributed by atoms with Crippen LogP contribution in [-0.4, -0.2) is 35.1 Å².